The third-order valence-electron chi connectivity index (χ3n) is 6.85. The van der Waals surface area contributed by atoms with E-state index in [-0.39, 0.29) is 6.04 Å². The Morgan fingerprint density at radius 2 is 1.90 bits per heavy atom. The van der Waals surface area contributed by atoms with E-state index in [0.717, 1.165) is 19.0 Å². The topological polar surface area (TPSA) is 60.7 Å². The molecular weight excluding hydrogens is 386 g/mol. The second-order valence-corrected chi connectivity index (χ2v) is 9.24. The van der Waals surface area contributed by atoms with Gasteiger partial charge in [-0.15, -0.1) is 0 Å². The number of hydrogen-bond donors (Lipinski definition) is 2. The molecule has 1 aromatic carbocycles. The molecule has 0 radical (unpaired) electrons. The van der Waals surface area contributed by atoms with Crippen LogP contribution in [0.15, 0.2) is 47.7 Å². The molecule has 0 amide bonds. The van der Waals surface area contributed by atoms with Crippen molar-refractivity contribution in [2.24, 2.45) is 12.0 Å². The highest BCUT2D eigenvalue weighted by Gasteiger charge is 2.40. The normalized spacial score (nSPS) is 25.1. The average molecular weight is 424 g/mol. The summed E-state index contributed by atoms with van der Waals surface area (Å²) >= 11 is 0. The monoisotopic (exact) mass is 423 g/mol. The molecule has 3 atom stereocenters. The van der Waals surface area contributed by atoms with Crippen LogP contribution in [-0.4, -0.2) is 71.4 Å². The van der Waals surface area contributed by atoms with E-state index in [1.807, 2.05) is 25.0 Å². The quantitative estimate of drug-likeness (QED) is 0.529. The minimum absolute atomic E-state index is 0.246. The van der Waals surface area contributed by atoms with E-state index in [4.69, 9.17) is 0 Å². The van der Waals surface area contributed by atoms with E-state index in [2.05, 4.69) is 81.1 Å². The maximum absolute atomic E-state index is 4.51. The van der Waals surface area contributed by atoms with Crippen LogP contribution >= 0.6 is 0 Å². The molecule has 1 aromatic heterocycles. The fourth-order valence-electron chi connectivity index (χ4n) is 5.24. The molecule has 3 heterocycles. The number of aromatic nitrogens is 2. The van der Waals surface area contributed by atoms with Crippen LogP contribution in [0.1, 0.15) is 42.9 Å². The van der Waals surface area contributed by atoms with Gasteiger partial charge in [0.25, 0.3) is 0 Å². The Hall–Kier alpha value is -2.38. The van der Waals surface area contributed by atoms with Crippen LogP contribution in [0.3, 0.4) is 0 Å². The van der Waals surface area contributed by atoms with Crippen molar-refractivity contribution in [2.45, 2.75) is 56.4 Å². The lowest BCUT2D eigenvalue weighted by Gasteiger charge is -2.39. The highest BCUT2D eigenvalue weighted by Crippen LogP contribution is 2.36. The van der Waals surface area contributed by atoms with Gasteiger partial charge < -0.3 is 15.5 Å². The van der Waals surface area contributed by atoms with E-state index >= 15 is 0 Å². The van der Waals surface area contributed by atoms with Crippen LogP contribution in [0.4, 0.5) is 0 Å². The number of nitrogens with zero attached hydrogens (tertiary/aromatic N) is 5. The molecule has 4 rings (SSSR count). The van der Waals surface area contributed by atoms with Crippen molar-refractivity contribution in [2.75, 3.05) is 27.7 Å². The van der Waals surface area contributed by atoms with Crippen molar-refractivity contribution >= 4 is 5.96 Å². The van der Waals surface area contributed by atoms with E-state index in [1.165, 1.54) is 36.8 Å². The lowest BCUT2D eigenvalue weighted by molar-refractivity contribution is 0.114. The molecule has 7 heteroatoms. The third kappa shape index (κ3) is 5.28. The minimum Gasteiger partial charge on any atom is -0.354 e. The Morgan fingerprint density at radius 3 is 2.48 bits per heavy atom. The van der Waals surface area contributed by atoms with Gasteiger partial charge in [0.1, 0.15) is 0 Å². The molecular formula is C24H37N7. The standard InChI is InChI=1S/C24H37N7/c1-25-24(26-15-23(29(2)3)19-14-27-30(4)17-19)28-20-12-21-10-11-22(13-20)31(21)16-18-8-6-5-7-9-18/h5-9,14,17,20-23H,10-13,15-16H2,1-4H3,(H2,25,26,28). The Morgan fingerprint density at radius 1 is 1.19 bits per heavy atom. The van der Waals surface area contributed by atoms with Gasteiger partial charge in [0.2, 0.25) is 0 Å². The summed E-state index contributed by atoms with van der Waals surface area (Å²) in [6, 6.07) is 12.9. The number of aryl methyl sites for hydroxylation is 1. The summed E-state index contributed by atoms with van der Waals surface area (Å²) in [5.74, 6) is 0.900. The van der Waals surface area contributed by atoms with Crippen molar-refractivity contribution in [3.63, 3.8) is 0 Å². The minimum atomic E-state index is 0.246. The highest BCUT2D eigenvalue weighted by atomic mass is 15.3. The van der Waals surface area contributed by atoms with E-state index in [0.29, 0.717) is 18.1 Å². The fourth-order valence-corrected chi connectivity index (χ4v) is 5.24. The fraction of sp³-hybridized carbons (Fsp3) is 0.583. The van der Waals surface area contributed by atoms with Gasteiger partial charge in [-0.2, -0.15) is 5.10 Å². The Balaban J connectivity index is 1.31. The van der Waals surface area contributed by atoms with Crippen molar-refractivity contribution in [3.05, 3.63) is 53.9 Å². The van der Waals surface area contributed by atoms with Gasteiger partial charge in [0.15, 0.2) is 5.96 Å². The molecule has 3 unspecified atom stereocenters. The van der Waals surface area contributed by atoms with E-state index in [1.54, 1.807) is 0 Å². The first-order valence-electron chi connectivity index (χ1n) is 11.4. The first-order chi connectivity index (χ1) is 15.0. The summed E-state index contributed by atoms with van der Waals surface area (Å²) in [6.45, 7) is 1.86. The Kier molecular flexibility index (Phi) is 6.92. The number of rotatable bonds is 7. The SMILES string of the molecule is CN=C(NCC(c1cnn(C)c1)N(C)C)NC1CC2CCC(C1)N2Cc1ccccc1. The van der Waals surface area contributed by atoms with Crippen molar-refractivity contribution in [3.8, 4) is 0 Å². The third-order valence-corrected chi connectivity index (χ3v) is 6.85. The summed E-state index contributed by atoms with van der Waals surface area (Å²) in [5.41, 5.74) is 2.64. The van der Waals surface area contributed by atoms with Gasteiger partial charge in [-0.05, 0) is 45.3 Å². The van der Waals surface area contributed by atoms with Gasteiger partial charge in [0, 0.05) is 57.1 Å². The van der Waals surface area contributed by atoms with Gasteiger partial charge in [-0.25, -0.2) is 0 Å². The molecule has 168 valence electrons. The molecule has 2 bridgehead atoms. The number of hydrogen-bond acceptors (Lipinski definition) is 4. The predicted octanol–water partition coefficient (Wildman–Crippen LogP) is 2.38. The van der Waals surface area contributed by atoms with Gasteiger partial charge >= 0.3 is 0 Å². The number of guanidine groups is 1. The van der Waals surface area contributed by atoms with Crippen molar-refractivity contribution < 1.29 is 0 Å². The molecule has 7 nitrogen and oxygen atoms in total. The van der Waals surface area contributed by atoms with Gasteiger partial charge in [0.05, 0.1) is 12.2 Å². The average Bonchev–Trinajstić information content (AvgIpc) is 3.27. The van der Waals surface area contributed by atoms with Crippen LogP contribution < -0.4 is 10.6 Å². The molecule has 2 aliphatic rings. The molecule has 2 fully saturated rings. The summed E-state index contributed by atoms with van der Waals surface area (Å²) < 4.78 is 1.86. The van der Waals surface area contributed by atoms with Crippen LogP contribution in [-0.2, 0) is 13.6 Å². The summed E-state index contributed by atoms with van der Waals surface area (Å²) in [4.78, 5) is 9.46. The summed E-state index contributed by atoms with van der Waals surface area (Å²) in [7, 11) is 8.04. The van der Waals surface area contributed by atoms with Crippen molar-refractivity contribution in [1.82, 2.24) is 30.2 Å². The molecule has 2 saturated heterocycles. The number of piperidine rings is 1. The second-order valence-electron chi connectivity index (χ2n) is 9.24. The number of benzene rings is 1. The van der Waals surface area contributed by atoms with Gasteiger partial charge in [-0.1, -0.05) is 30.3 Å². The lowest BCUT2D eigenvalue weighted by Crippen LogP contribution is -2.53. The lowest BCUT2D eigenvalue weighted by atomic mass is 9.96. The number of aliphatic imine (C=N–C) groups is 1. The second kappa shape index (κ2) is 9.83. The molecule has 2 aromatic rings. The zero-order valence-electron chi connectivity index (χ0n) is 19.3. The number of likely N-dealkylation sites (N-methyl/N-ethyl adjacent to an activating group) is 1. The molecule has 2 N–H and O–H groups in total. The maximum Gasteiger partial charge on any atom is 0.191 e. The number of fused-ring (bicyclic) bond motifs is 2. The first-order valence-corrected chi connectivity index (χ1v) is 11.4. The molecule has 0 saturated carbocycles. The zero-order valence-corrected chi connectivity index (χ0v) is 19.3. The maximum atomic E-state index is 4.51. The Bertz CT molecular complexity index is 846. The largest absolute Gasteiger partial charge is 0.354 e. The summed E-state index contributed by atoms with van der Waals surface area (Å²) in [6.07, 6.45) is 9.02. The smallest absolute Gasteiger partial charge is 0.191 e. The first kappa shape index (κ1) is 21.8. The van der Waals surface area contributed by atoms with Crippen LogP contribution in [0, 0.1) is 0 Å². The van der Waals surface area contributed by atoms with Crippen molar-refractivity contribution in [1.29, 1.82) is 0 Å². The molecule has 0 aliphatic carbocycles. The van der Waals surface area contributed by atoms with Crippen LogP contribution in [0.5, 0.6) is 0 Å². The van der Waals surface area contributed by atoms with Crippen LogP contribution in [0.25, 0.3) is 0 Å². The van der Waals surface area contributed by atoms with Crippen LogP contribution in [0.2, 0.25) is 0 Å². The highest BCUT2D eigenvalue weighted by molar-refractivity contribution is 5.80. The number of nitrogens with one attached hydrogen (secondary N) is 2. The zero-order chi connectivity index (χ0) is 21.8. The Labute approximate surface area is 186 Å². The van der Waals surface area contributed by atoms with Gasteiger partial charge in [-0.3, -0.25) is 14.6 Å². The van der Waals surface area contributed by atoms with E-state index < -0.39 is 0 Å². The van der Waals surface area contributed by atoms with E-state index in [9.17, 15) is 0 Å². The summed E-state index contributed by atoms with van der Waals surface area (Å²) in [5, 5.41) is 11.6. The molecule has 2 aliphatic heterocycles. The molecule has 0 spiro atoms. The predicted molar refractivity (Wildman–Crippen MR) is 126 cm³/mol. The molecule has 31 heavy (non-hydrogen) atoms.